The number of unbranched alkanes of at least 4 members (excludes halogenated alkanes) is 1. The zero-order valence-corrected chi connectivity index (χ0v) is 7.68. The molecule has 0 bridgehead atoms. The number of rotatable bonds is 5. The van der Waals surface area contributed by atoms with Crippen molar-refractivity contribution in [1.29, 1.82) is 0 Å². The molecule has 0 aliphatic carbocycles. The van der Waals surface area contributed by atoms with Crippen LogP contribution in [0.4, 0.5) is 0 Å². The molecule has 1 N–H and O–H groups in total. The van der Waals surface area contributed by atoms with Crippen LogP contribution in [0.15, 0.2) is 18.7 Å². The van der Waals surface area contributed by atoms with E-state index in [0.29, 0.717) is 6.42 Å². The highest BCUT2D eigenvalue weighted by Crippen LogP contribution is 2.14. The second-order valence-corrected chi connectivity index (χ2v) is 3.01. The van der Waals surface area contributed by atoms with Crippen molar-refractivity contribution in [3.8, 4) is 0 Å². The molecule has 0 saturated carbocycles. The summed E-state index contributed by atoms with van der Waals surface area (Å²) in [6.45, 7) is 2.05. The van der Waals surface area contributed by atoms with Crippen LogP contribution in [0.3, 0.4) is 0 Å². The summed E-state index contributed by atoms with van der Waals surface area (Å²) in [5.41, 5.74) is 0. The van der Waals surface area contributed by atoms with Gasteiger partial charge in [0.1, 0.15) is 6.04 Å². The first-order valence-electron chi connectivity index (χ1n) is 4.46. The smallest absolute Gasteiger partial charge is 0.326 e. The van der Waals surface area contributed by atoms with Crippen LogP contribution < -0.4 is 0 Å². The first-order chi connectivity index (χ1) is 6.25. The SMILES string of the molecule is CCCCC(C(=O)O)n1ccnc1. The summed E-state index contributed by atoms with van der Waals surface area (Å²) in [5, 5.41) is 8.92. The standard InChI is InChI=1S/C9H14N2O2/c1-2-3-4-8(9(12)13)11-6-5-10-7-11/h5-8H,2-4H2,1H3,(H,12,13). The van der Waals surface area contributed by atoms with E-state index < -0.39 is 12.0 Å². The zero-order valence-electron chi connectivity index (χ0n) is 7.68. The van der Waals surface area contributed by atoms with Gasteiger partial charge in [-0.2, -0.15) is 0 Å². The van der Waals surface area contributed by atoms with E-state index in [0.717, 1.165) is 12.8 Å². The van der Waals surface area contributed by atoms with Gasteiger partial charge < -0.3 is 9.67 Å². The van der Waals surface area contributed by atoms with Gasteiger partial charge in [0.2, 0.25) is 0 Å². The summed E-state index contributed by atoms with van der Waals surface area (Å²) >= 11 is 0. The van der Waals surface area contributed by atoms with E-state index in [1.807, 2.05) is 6.92 Å². The van der Waals surface area contributed by atoms with Crippen LogP contribution in [0.1, 0.15) is 32.2 Å². The summed E-state index contributed by atoms with van der Waals surface area (Å²) < 4.78 is 1.64. The Morgan fingerprint density at radius 2 is 2.46 bits per heavy atom. The molecule has 0 amide bonds. The number of nitrogens with zero attached hydrogens (tertiary/aromatic N) is 2. The minimum atomic E-state index is -0.786. The van der Waals surface area contributed by atoms with Crippen molar-refractivity contribution in [1.82, 2.24) is 9.55 Å². The Hall–Kier alpha value is -1.32. The molecule has 4 nitrogen and oxygen atoms in total. The quantitative estimate of drug-likeness (QED) is 0.754. The molecule has 1 atom stereocenters. The molecular weight excluding hydrogens is 168 g/mol. The summed E-state index contributed by atoms with van der Waals surface area (Å²) in [4.78, 5) is 14.7. The fourth-order valence-corrected chi connectivity index (χ4v) is 1.25. The van der Waals surface area contributed by atoms with Crippen molar-refractivity contribution in [3.05, 3.63) is 18.7 Å². The van der Waals surface area contributed by atoms with Gasteiger partial charge in [-0.25, -0.2) is 9.78 Å². The average molecular weight is 182 g/mol. The van der Waals surface area contributed by atoms with Crippen LogP contribution in [-0.2, 0) is 4.79 Å². The molecule has 0 aliphatic rings. The molecule has 1 unspecified atom stereocenters. The number of imidazole rings is 1. The summed E-state index contributed by atoms with van der Waals surface area (Å²) in [5.74, 6) is -0.786. The molecule has 1 heterocycles. The molecule has 13 heavy (non-hydrogen) atoms. The van der Waals surface area contributed by atoms with Gasteiger partial charge >= 0.3 is 5.97 Å². The van der Waals surface area contributed by atoms with Crippen molar-refractivity contribution in [2.24, 2.45) is 0 Å². The maximum absolute atomic E-state index is 10.9. The molecule has 0 fully saturated rings. The lowest BCUT2D eigenvalue weighted by Crippen LogP contribution is -2.17. The highest BCUT2D eigenvalue weighted by molar-refractivity contribution is 5.71. The van der Waals surface area contributed by atoms with E-state index in [2.05, 4.69) is 4.98 Å². The molecule has 0 spiro atoms. The van der Waals surface area contributed by atoms with E-state index in [1.54, 1.807) is 23.3 Å². The Bertz CT molecular complexity index is 257. The Labute approximate surface area is 77.2 Å². The van der Waals surface area contributed by atoms with E-state index in [1.165, 1.54) is 0 Å². The van der Waals surface area contributed by atoms with Crippen molar-refractivity contribution in [2.45, 2.75) is 32.2 Å². The van der Waals surface area contributed by atoms with Gasteiger partial charge in [0.15, 0.2) is 0 Å². The van der Waals surface area contributed by atoms with Gasteiger partial charge in [-0.3, -0.25) is 0 Å². The van der Waals surface area contributed by atoms with Gasteiger partial charge in [-0.1, -0.05) is 19.8 Å². The fourth-order valence-electron chi connectivity index (χ4n) is 1.25. The Balaban J connectivity index is 2.63. The number of hydrogen-bond acceptors (Lipinski definition) is 2. The number of aliphatic carboxylic acids is 1. The van der Waals surface area contributed by atoms with Crippen molar-refractivity contribution in [3.63, 3.8) is 0 Å². The average Bonchev–Trinajstić information content (AvgIpc) is 2.57. The minimum Gasteiger partial charge on any atom is -0.480 e. The van der Waals surface area contributed by atoms with Gasteiger partial charge in [-0.05, 0) is 6.42 Å². The predicted molar refractivity (Wildman–Crippen MR) is 48.4 cm³/mol. The van der Waals surface area contributed by atoms with Crippen LogP contribution >= 0.6 is 0 Å². The molecule has 1 aromatic heterocycles. The lowest BCUT2D eigenvalue weighted by molar-refractivity contribution is -0.141. The van der Waals surface area contributed by atoms with Crippen molar-refractivity contribution >= 4 is 5.97 Å². The number of carboxylic acids is 1. The third-order valence-corrected chi connectivity index (χ3v) is 2.00. The Morgan fingerprint density at radius 3 is 2.92 bits per heavy atom. The molecule has 1 rings (SSSR count). The molecule has 0 aliphatic heterocycles. The maximum Gasteiger partial charge on any atom is 0.326 e. The highest BCUT2D eigenvalue weighted by atomic mass is 16.4. The van der Waals surface area contributed by atoms with Gasteiger partial charge in [0.25, 0.3) is 0 Å². The minimum absolute atomic E-state index is 0.456. The normalized spacial score (nSPS) is 12.7. The summed E-state index contributed by atoms with van der Waals surface area (Å²) in [7, 11) is 0. The first kappa shape index (κ1) is 9.77. The maximum atomic E-state index is 10.9. The molecule has 72 valence electrons. The zero-order chi connectivity index (χ0) is 9.68. The molecule has 0 aromatic carbocycles. The van der Waals surface area contributed by atoms with Gasteiger partial charge in [0, 0.05) is 12.4 Å². The topological polar surface area (TPSA) is 55.1 Å². The largest absolute Gasteiger partial charge is 0.480 e. The lowest BCUT2D eigenvalue weighted by atomic mass is 10.1. The van der Waals surface area contributed by atoms with Crippen LogP contribution in [0.25, 0.3) is 0 Å². The summed E-state index contributed by atoms with van der Waals surface area (Å²) in [6.07, 6.45) is 7.45. The first-order valence-corrected chi connectivity index (χ1v) is 4.46. The second kappa shape index (κ2) is 4.64. The third kappa shape index (κ3) is 2.57. The molecular formula is C9H14N2O2. The predicted octanol–water partition coefficient (Wildman–Crippen LogP) is 1.70. The van der Waals surface area contributed by atoms with Crippen molar-refractivity contribution < 1.29 is 9.90 Å². The van der Waals surface area contributed by atoms with E-state index >= 15 is 0 Å². The molecule has 1 aromatic rings. The third-order valence-electron chi connectivity index (χ3n) is 2.00. The van der Waals surface area contributed by atoms with E-state index in [9.17, 15) is 4.79 Å². The highest BCUT2D eigenvalue weighted by Gasteiger charge is 2.17. The van der Waals surface area contributed by atoms with Crippen molar-refractivity contribution in [2.75, 3.05) is 0 Å². The molecule has 0 radical (unpaired) electrons. The second-order valence-electron chi connectivity index (χ2n) is 3.01. The van der Waals surface area contributed by atoms with E-state index in [-0.39, 0.29) is 0 Å². The van der Waals surface area contributed by atoms with Gasteiger partial charge in [0.05, 0.1) is 6.33 Å². The van der Waals surface area contributed by atoms with Crippen LogP contribution in [0, 0.1) is 0 Å². The van der Waals surface area contributed by atoms with E-state index in [4.69, 9.17) is 5.11 Å². The summed E-state index contributed by atoms with van der Waals surface area (Å²) in [6, 6.07) is -0.456. The Kier molecular flexibility index (Phi) is 3.49. The molecule has 0 saturated heterocycles. The fraction of sp³-hybridized carbons (Fsp3) is 0.556. The lowest BCUT2D eigenvalue weighted by Gasteiger charge is -2.12. The van der Waals surface area contributed by atoms with Crippen LogP contribution in [0.2, 0.25) is 0 Å². The Morgan fingerprint density at radius 1 is 1.69 bits per heavy atom. The number of aromatic nitrogens is 2. The van der Waals surface area contributed by atoms with Crippen LogP contribution in [-0.4, -0.2) is 20.6 Å². The van der Waals surface area contributed by atoms with Gasteiger partial charge in [-0.15, -0.1) is 0 Å². The molecule has 4 heteroatoms. The monoisotopic (exact) mass is 182 g/mol. The number of hydrogen-bond donors (Lipinski definition) is 1. The number of carbonyl (C=O) groups is 1. The number of carboxylic acid groups (broad SMARTS) is 1. The van der Waals surface area contributed by atoms with Crippen LogP contribution in [0.5, 0.6) is 0 Å².